The number of halogens is 1. The summed E-state index contributed by atoms with van der Waals surface area (Å²) in [6, 6.07) is 14.0. The van der Waals surface area contributed by atoms with Crippen molar-refractivity contribution in [2.24, 2.45) is 5.92 Å². The maximum atomic E-state index is 13.0. The number of nitrogens with zero attached hydrogens (tertiary/aromatic N) is 1. The van der Waals surface area contributed by atoms with Crippen LogP contribution in [0.1, 0.15) is 50.5 Å². The third-order valence-electron chi connectivity index (χ3n) is 3.72. The molecule has 0 aliphatic heterocycles. The van der Waals surface area contributed by atoms with Gasteiger partial charge in [0.1, 0.15) is 5.82 Å². The average molecular weight is 286 g/mol. The van der Waals surface area contributed by atoms with E-state index in [1.54, 1.807) is 6.07 Å². The van der Waals surface area contributed by atoms with Crippen molar-refractivity contribution in [2.45, 2.75) is 39.3 Å². The second-order valence-corrected chi connectivity index (χ2v) is 5.66. The van der Waals surface area contributed by atoms with Gasteiger partial charge in [0.25, 0.3) is 0 Å². The Morgan fingerprint density at radius 3 is 2.33 bits per heavy atom. The van der Waals surface area contributed by atoms with E-state index in [4.69, 9.17) is 0 Å². The van der Waals surface area contributed by atoms with Crippen LogP contribution in [0.3, 0.4) is 0 Å². The molecule has 1 N–H and O–H groups in total. The summed E-state index contributed by atoms with van der Waals surface area (Å²) in [6.45, 7) is 6.52. The van der Waals surface area contributed by atoms with Gasteiger partial charge in [-0.1, -0.05) is 51.1 Å². The minimum Gasteiger partial charge on any atom is -0.301 e. The highest BCUT2D eigenvalue weighted by Crippen LogP contribution is 2.26. The van der Waals surface area contributed by atoms with E-state index in [-0.39, 0.29) is 17.9 Å². The van der Waals surface area contributed by atoms with Gasteiger partial charge < -0.3 is 5.32 Å². The lowest BCUT2D eigenvalue weighted by atomic mass is 9.94. The largest absolute Gasteiger partial charge is 0.301 e. The van der Waals surface area contributed by atoms with Crippen molar-refractivity contribution in [3.05, 3.63) is 65.7 Å². The van der Waals surface area contributed by atoms with E-state index < -0.39 is 0 Å². The van der Waals surface area contributed by atoms with Crippen molar-refractivity contribution in [1.29, 1.82) is 0 Å². The van der Waals surface area contributed by atoms with Crippen LogP contribution in [0, 0.1) is 11.7 Å². The molecule has 0 aliphatic carbocycles. The van der Waals surface area contributed by atoms with Gasteiger partial charge in [-0.3, -0.25) is 4.98 Å². The average Bonchev–Trinajstić information content (AvgIpc) is 2.50. The predicted molar refractivity (Wildman–Crippen MR) is 84.4 cm³/mol. The number of aromatic nitrogens is 1. The van der Waals surface area contributed by atoms with E-state index in [2.05, 4.69) is 55.3 Å². The monoisotopic (exact) mass is 286 g/mol. The molecule has 112 valence electrons. The molecule has 2 unspecified atom stereocenters. The summed E-state index contributed by atoms with van der Waals surface area (Å²) >= 11 is 0. The van der Waals surface area contributed by atoms with Gasteiger partial charge >= 0.3 is 0 Å². The van der Waals surface area contributed by atoms with E-state index in [0.29, 0.717) is 5.92 Å². The Hall–Kier alpha value is -1.74. The molecule has 0 aliphatic rings. The zero-order chi connectivity index (χ0) is 15.2. The first-order valence-corrected chi connectivity index (χ1v) is 7.54. The zero-order valence-electron chi connectivity index (χ0n) is 12.9. The molecule has 2 aromatic rings. The summed E-state index contributed by atoms with van der Waals surface area (Å²) in [7, 11) is 0. The molecule has 2 rings (SSSR count). The van der Waals surface area contributed by atoms with E-state index >= 15 is 0 Å². The molecule has 2 atom stereocenters. The van der Waals surface area contributed by atoms with Gasteiger partial charge in [-0.15, -0.1) is 0 Å². The van der Waals surface area contributed by atoms with Crippen molar-refractivity contribution in [2.75, 3.05) is 0 Å². The molecular weight excluding hydrogens is 263 g/mol. The van der Waals surface area contributed by atoms with Gasteiger partial charge in [-0.05, 0) is 30.0 Å². The molecule has 0 saturated carbocycles. The lowest BCUT2D eigenvalue weighted by molar-refractivity contribution is 0.352. The number of hydrogen-bond acceptors (Lipinski definition) is 2. The summed E-state index contributed by atoms with van der Waals surface area (Å²) in [5.74, 6) is 0.166. The SMILES string of the molecule is CCC(NC(c1ccccc1)C(C)C)c1ccc(F)cn1. The number of rotatable bonds is 6. The van der Waals surface area contributed by atoms with Gasteiger partial charge in [-0.2, -0.15) is 0 Å². The molecular formula is C18H23FN2. The van der Waals surface area contributed by atoms with Crippen LogP contribution in [0.4, 0.5) is 4.39 Å². The first-order chi connectivity index (χ1) is 10.1. The molecule has 1 aromatic carbocycles. The molecule has 0 fully saturated rings. The minimum atomic E-state index is -0.294. The third-order valence-corrected chi connectivity index (χ3v) is 3.72. The Bertz CT molecular complexity index is 537. The quantitative estimate of drug-likeness (QED) is 0.835. The van der Waals surface area contributed by atoms with Crippen LogP contribution < -0.4 is 5.32 Å². The third kappa shape index (κ3) is 4.11. The van der Waals surface area contributed by atoms with E-state index in [1.807, 2.05) is 6.07 Å². The molecule has 21 heavy (non-hydrogen) atoms. The second-order valence-electron chi connectivity index (χ2n) is 5.66. The molecule has 2 nitrogen and oxygen atoms in total. The zero-order valence-corrected chi connectivity index (χ0v) is 12.9. The fourth-order valence-electron chi connectivity index (χ4n) is 2.56. The van der Waals surface area contributed by atoms with Crippen LogP contribution in [0.15, 0.2) is 48.7 Å². The summed E-state index contributed by atoms with van der Waals surface area (Å²) in [5, 5.41) is 3.67. The topological polar surface area (TPSA) is 24.9 Å². The second kappa shape index (κ2) is 7.32. The fraction of sp³-hybridized carbons (Fsp3) is 0.389. The summed E-state index contributed by atoms with van der Waals surface area (Å²) in [4.78, 5) is 4.22. The Morgan fingerprint density at radius 1 is 1.10 bits per heavy atom. The van der Waals surface area contributed by atoms with Crippen LogP contribution in [0.2, 0.25) is 0 Å². The highest BCUT2D eigenvalue weighted by molar-refractivity contribution is 5.20. The Morgan fingerprint density at radius 2 is 1.81 bits per heavy atom. The molecule has 0 saturated heterocycles. The van der Waals surface area contributed by atoms with Gasteiger partial charge in [-0.25, -0.2) is 4.39 Å². The van der Waals surface area contributed by atoms with Crippen molar-refractivity contribution in [1.82, 2.24) is 10.3 Å². The van der Waals surface area contributed by atoms with Crippen molar-refractivity contribution in [3.8, 4) is 0 Å². The molecule has 1 heterocycles. The first-order valence-electron chi connectivity index (χ1n) is 7.54. The smallest absolute Gasteiger partial charge is 0.141 e. The molecule has 0 bridgehead atoms. The first kappa shape index (κ1) is 15.6. The Balaban J connectivity index is 2.20. The highest BCUT2D eigenvalue weighted by Gasteiger charge is 2.20. The van der Waals surface area contributed by atoms with Gasteiger partial charge in [0.05, 0.1) is 11.9 Å². The fourth-order valence-corrected chi connectivity index (χ4v) is 2.56. The summed E-state index contributed by atoms with van der Waals surface area (Å²) in [5.41, 5.74) is 2.16. The number of benzene rings is 1. The van der Waals surface area contributed by atoms with E-state index in [9.17, 15) is 4.39 Å². The number of pyridine rings is 1. The lowest BCUT2D eigenvalue weighted by Gasteiger charge is -2.28. The van der Waals surface area contributed by atoms with E-state index in [0.717, 1.165) is 12.1 Å². The van der Waals surface area contributed by atoms with Crippen LogP contribution >= 0.6 is 0 Å². The molecule has 0 spiro atoms. The molecule has 0 radical (unpaired) electrons. The lowest BCUT2D eigenvalue weighted by Crippen LogP contribution is -2.30. The molecule has 1 aromatic heterocycles. The van der Waals surface area contributed by atoms with Crippen molar-refractivity contribution in [3.63, 3.8) is 0 Å². The number of hydrogen-bond donors (Lipinski definition) is 1. The summed E-state index contributed by atoms with van der Waals surface area (Å²) < 4.78 is 13.0. The molecule has 3 heteroatoms. The minimum absolute atomic E-state index is 0.123. The highest BCUT2D eigenvalue weighted by atomic mass is 19.1. The number of nitrogens with one attached hydrogen (secondary N) is 1. The maximum absolute atomic E-state index is 13.0. The van der Waals surface area contributed by atoms with Gasteiger partial charge in [0.2, 0.25) is 0 Å². The van der Waals surface area contributed by atoms with E-state index in [1.165, 1.54) is 17.8 Å². The molecule has 0 amide bonds. The Kier molecular flexibility index (Phi) is 5.45. The van der Waals surface area contributed by atoms with Crippen molar-refractivity contribution < 1.29 is 4.39 Å². The predicted octanol–water partition coefficient (Wildman–Crippen LogP) is 4.66. The summed E-state index contributed by atoms with van der Waals surface area (Å²) in [6.07, 6.45) is 2.20. The standard InChI is InChI=1S/C18H23FN2/c1-4-16(17-11-10-15(19)12-20-17)21-18(13(2)3)14-8-6-5-7-9-14/h5-13,16,18,21H,4H2,1-3H3. The van der Waals surface area contributed by atoms with Crippen LogP contribution in [-0.4, -0.2) is 4.98 Å². The van der Waals surface area contributed by atoms with Crippen LogP contribution in [0.5, 0.6) is 0 Å². The van der Waals surface area contributed by atoms with Crippen LogP contribution in [0.25, 0.3) is 0 Å². The maximum Gasteiger partial charge on any atom is 0.141 e. The van der Waals surface area contributed by atoms with Crippen LogP contribution in [-0.2, 0) is 0 Å². The van der Waals surface area contributed by atoms with Gasteiger partial charge in [0, 0.05) is 12.1 Å². The normalized spacial score (nSPS) is 14.1. The van der Waals surface area contributed by atoms with Gasteiger partial charge in [0.15, 0.2) is 0 Å². The van der Waals surface area contributed by atoms with Crippen molar-refractivity contribution >= 4 is 0 Å². The Labute approximate surface area is 126 Å².